The van der Waals surface area contributed by atoms with Crippen LogP contribution in [0.15, 0.2) is 30.3 Å². The van der Waals surface area contributed by atoms with E-state index in [1.54, 1.807) is 11.9 Å². The summed E-state index contributed by atoms with van der Waals surface area (Å²) in [4.78, 5) is 14.6. The lowest BCUT2D eigenvalue weighted by Gasteiger charge is -2.64. The van der Waals surface area contributed by atoms with Crippen molar-refractivity contribution in [3.63, 3.8) is 0 Å². The molecule has 32 heavy (non-hydrogen) atoms. The molecule has 8 heteroatoms. The predicted octanol–water partition coefficient (Wildman–Crippen LogP) is 3.59. The molecule has 2 aliphatic heterocycles. The number of rotatable bonds is 5. The van der Waals surface area contributed by atoms with E-state index in [2.05, 4.69) is 26.1 Å². The van der Waals surface area contributed by atoms with Crippen LogP contribution >= 0.6 is 0 Å². The number of nitrogens with one attached hydrogen (secondary N) is 1. The predicted molar refractivity (Wildman–Crippen MR) is 120 cm³/mol. The molecule has 7 atom stereocenters. The largest absolute Gasteiger partial charge is 0.482 e. The van der Waals surface area contributed by atoms with Crippen molar-refractivity contribution in [2.45, 2.75) is 76.5 Å². The Morgan fingerprint density at radius 2 is 2.03 bits per heavy atom. The fourth-order valence-electron chi connectivity index (χ4n) is 6.42. The Morgan fingerprint density at radius 3 is 2.69 bits per heavy atom. The van der Waals surface area contributed by atoms with Crippen molar-refractivity contribution in [2.75, 3.05) is 13.6 Å². The van der Waals surface area contributed by atoms with Crippen molar-refractivity contribution in [1.82, 2.24) is 10.2 Å². The fourth-order valence-corrected chi connectivity index (χ4v) is 6.42. The molecule has 1 amide bonds. The average molecular weight is 444 g/mol. The monoisotopic (exact) mass is 444 g/mol. The highest BCUT2D eigenvalue weighted by Gasteiger charge is 2.68. The molecule has 5 aliphatic rings. The molecule has 0 aromatic heterocycles. The molecule has 1 N–H and O–H groups in total. The molecule has 2 bridgehead atoms. The molecule has 174 valence electrons. The van der Waals surface area contributed by atoms with Crippen molar-refractivity contribution in [3.8, 4) is 0 Å². The van der Waals surface area contributed by atoms with Crippen LogP contribution in [-0.2, 0) is 20.5 Å². The second kappa shape index (κ2) is 7.99. The van der Waals surface area contributed by atoms with E-state index in [1.807, 2.05) is 30.3 Å². The van der Waals surface area contributed by atoms with Crippen LogP contribution in [0.1, 0.15) is 45.6 Å². The molecule has 3 saturated carbocycles. The minimum absolute atomic E-state index is 0.0377. The van der Waals surface area contributed by atoms with Crippen LogP contribution in [0.4, 0.5) is 9.18 Å². The van der Waals surface area contributed by atoms with E-state index in [0.29, 0.717) is 18.3 Å². The van der Waals surface area contributed by atoms with Crippen LogP contribution in [0.3, 0.4) is 0 Å². The quantitative estimate of drug-likeness (QED) is 0.704. The molecule has 0 unspecified atom stereocenters. The van der Waals surface area contributed by atoms with Gasteiger partial charge in [-0.05, 0) is 49.0 Å². The van der Waals surface area contributed by atoms with Gasteiger partial charge in [0.1, 0.15) is 6.17 Å². The van der Waals surface area contributed by atoms with Gasteiger partial charge >= 0.3 is 13.2 Å². The lowest BCUT2D eigenvalue weighted by molar-refractivity contribution is -0.199. The van der Waals surface area contributed by atoms with E-state index in [0.717, 1.165) is 12.0 Å². The van der Waals surface area contributed by atoms with Gasteiger partial charge < -0.3 is 18.9 Å². The summed E-state index contributed by atoms with van der Waals surface area (Å²) in [6.45, 7) is 7.06. The Hall–Kier alpha value is -1.64. The highest BCUT2D eigenvalue weighted by molar-refractivity contribution is 6.47. The summed E-state index contributed by atoms with van der Waals surface area (Å²) in [6.07, 6.45) is 0.888. The first-order valence-corrected chi connectivity index (χ1v) is 11.9. The molecule has 5 fully saturated rings. The Bertz CT molecular complexity index is 858. The maximum absolute atomic E-state index is 13.5. The molecule has 1 aromatic carbocycles. The van der Waals surface area contributed by atoms with Crippen LogP contribution in [0.25, 0.3) is 0 Å². The normalized spacial score (nSPS) is 38.0. The number of amides is 1. The van der Waals surface area contributed by atoms with Gasteiger partial charge in [-0.3, -0.25) is 5.32 Å². The number of carbonyl (C=O) groups excluding carboxylic acids is 1. The molecular formula is C24H34BFN2O4. The number of hydrogen-bond acceptors (Lipinski definition) is 5. The zero-order valence-corrected chi connectivity index (χ0v) is 19.4. The number of likely N-dealkylation sites (N-methyl/N-ethyl adjacent to an activating group) is 1. The summed E-state index contributed by atoms with van der Waals surface area (Å²) in [6, 6.07) is 10.0. The zero-order valence-electron chi connectivity index (χ0n) is 19.4. The van der Waals surface area contributed by atoms with E-state index < -0.39 is 25.6 Å². The fraction of sp³-hybridized carbons (Fsp3) is 0.708. The second-order valence-corrected chi connectivity index (χ2v) is 10.8. The number of benzene rings is 1. The molecule has 6 nitrogen and oxygen atoms in total. The number of nitrogens with zero attached hydrogens (tertiary/aromatic N) is 1. The summed E-state index contributed by atoms with van der Waals surface area (Å²) in [7, 11) is 1.18. The Labute approximate surface area is 190 Å². The van der Waals surface area contributed by atoms with Crippen molar-refractivity contribution in [3.05, 3.63) is 35.9 Å². The summed E-state index contributed by atoms with van der Waals surface area (Å²) in [5.74, 6) is 0.753. The smallest absolute Gasteiger partial charge is 0.430 e. The molecule has 0 spiro atoms. The Morgan fingerprint density at radius 1 is 1.28 bits per heavy atom. The molecule has 3 aliphatic carbocycles. The molecule has 0 radical (unpaired) electrons. The van der Waals surface area contributed by atoms with Crippen molar-refractivity contribution in [2.24, 2.45) is 17.3 Å². The maximum atomic E-state index is 13.5. The Balaban J connectivity index is 1.35. The topological polar surface area (TPSA) is 60.0 Å². The van der Waals surface area contributed by atoms with Crippen molar-refractivity contribution < 1.29 is 23.2 Å². The van der Waals surface area contributed by atoms with Crippen LogP contribution < -0.4 is 5.32 Å². The number of halogens is 1. The average Bonchev–Trinajstić information content (AvgIpc) is 3.33. The van der Waals surface area contributed by atoms with Crippen LogP contribution in [0.2, 0.25) is 0 Å². The standard InChI is InChI=1S/C24H34BFN2O4/c1-23(2)16-11-18(23)24(3)19(12-16)31-25(32-24)20(10-15-8-6-5-7-9-15)28(4)22(29)30-21-13-17(26)14-27-21/h5-9,16-21,27H,10-14H2,1-4H3/t16-,17-,18-,19+,20-,21+,24-/m0/s1. The van der Waals surface area contributed by atoms with Crippen LogP contribution in [0.5, 0.6) is 0 Å². The van der Waals surface area contributed by atoms with E-state index in [1.165, 1.54) is 6.42 Å². The molecular weight excluding hydrogens is 410 g/mol. The third-order valence-corrected chi connectivity index (χ3v) is 8.64. The van der Waals surface area contributed by atoms with Crippen molar-refractivity contribution >= 4 is 13.2 Å². The summed E-state index contributed by atoms with van der Waals surface area (Å²) >= 11 is 0. The van der Waals surface area contributed by atoms with Crippen LogP contribution in [-0.4, -0.2) is 61.7 Å². The third-order valence-electron chi connectivity index (χ3n) is 8.64. The van der Waals surface area contributed by atoms with E-state index >= 15 is 0 Å². The number of carbonyl (C=O) groups is 1. The van der Waals surface area contributed by atoms with Gasteiger partial charge in [-0.15, -0.1) is 0 Å². The van der Waals surface area contributed by atoms with Gasteiger partial charge in [0.25, 0.3) is 0 Å². The number of ether oxygens (including phenoxy) is 1. The van der Waals surface area contributed by atoms with E-state index in [9.17, 15) is 9.18 Å². The summed E-state index contributed by atoms with van der Waals surface area (Å²) in [5, 5.41) is 2.91. The van der Waals surface area contributed by atoms with Crippen LogP contribution in [0, 0.1) is 17.3 Å². The molecule has 1 aromatic rings. The maximum Gasteiger partial charge on any atom is 0.482 e. The summed E-state index contributed by atoms with van der Waals surface area (Å²) in [5.41, 5.74) is 0.994. The van der Waals surface area contributed by atoms with Gasteiger partial charge in [0.15, 0.2) is 6.23 Å². The minimum atomic E-state index is -0.988. The first-order chi connectivity index (χ1) is 15.2. The number of alkyl halides is 1. The van der Waals surface area contributed by atoms with Gasteiger partial charge in [-0.1, -0.05) is 44.2 Å². The third kappa shape index (κ3) is 3.64. The van der Waals surface area contributed by atoms with E-state index in [-0.39, 0.29) is 36.0 Å². The second-order valence-electron chi connectivity index (χ2n) is 10.8. The van der Waals surface area contributed by atoms with Gasteiger partial charge in [0.2, 0.25) is 0 Å². The van der Waals surface area contributed by atoms with Gasteiger partial charge in [0, 0.05) is 20.0 Å². The number of hydrogen-bond donors (Lipinski definition) is 1. The van der Waals surface area contributed by atoms with Gasteiger partial charge in [0.05, 0.1) is 17.6 Å². The first-order valence-electron chi connectivity index (χ1n) is 11.9. The molecule has 2 saturated heterocycles. The minimum Gasteiger partial charge on any atom is -0.430 e. The lowest BCUT2D eigenvalue weighted by atomic mass is 9.43. The zero-order chi connectivity index (χ0) is 22.7. The highest BCUT2D eigenvalue weighted by atomic mass is 19.1. The van der Waals surface area contributed by atoms with Gasteiger partial charge in [-0.25, -0.2) is 9.18 Å². The lowest BCUT2D eigenvalue weighted by Crippen LogP contribution is -2.65. The van der Waals surface area contributed by atoms with Gasteiger partial charge in [-0.2, -0.15) is 0 Å². The molecule has 2 heterocycles. The highest BCUT2D eigenvalue weighted by Crippen LogP contribution is 2.65. The summed E-state index contributed by atoms with van der Waals surface area (Å²) < 4.78 is 32.3. The SMILES string of the molecule is CN(C(=O)O[C@@H]1C[C@H](F)CN1)[C@@H](Cc1ccccc1)B1O[C@@H]2C[C@@H]3C[C@@H](C3(C)C)[C@]2(C)O1. The van der Waals surface area contributed by atoms with E-state index in [4.69, 9.17) is 14.0 Å². The Kier molecular flexibility index (Phi) is 5.54. The molecule has 6 rings (SSSR count). The van der Waals surface area contributed by atoms with Crippen molar-refractivity contribution in [1.29, 1.82) is 0 Å². The first kappa shape index (κ1) is 22.2.